The van der Waals surface area contributed by atoms with Gasteiger partial charge in [-0.25, -0.2) is 18.6 Å². The van der Waals surface area contributed by atoms with Gasteiger partial charge in [0.05, 0.1) is 5.56 Å². The molecule has 2 aromatic carbocycles. The second-order valence-corrected chi connectivity index (χ2v) is 6.55. The van der Waals surface area contributed by atoms with Crippen LogP contribution in [0.2, 0.25) is 0 Å². The molecule has 3 amide bonds. The van der Waals surface area contributed by atoms with Gasteiger partial charge in [-0.3, -0.25) is 10.1 Å². The Morgan fingerprint density at radius 3 is 2.39 bits per heavy atom. The second kappa shape index (κ2) is 9.00. The molecule has 31 heavy (non-hydrogen) atoms. The van der Waals surface area contributed by atoms with Crippen LogP contribution in [-0.4, -0.2) is 16.9 Å². The number of aryl methyl sites for hydroxylation is 2. The lowest BCUT2D eigenvalue weighted by Gasteiger charge is -2.12. The smallest absolute Gasteiger partial charge is 0.326 e. The van der Waals surface area contributed by atoms with Crippen molar-refractivity contribution in [3.8, 4) is 17.7 Å². The van der Waals surface area contributed by atoms with Crippen molar-refractivity contribution in [2.24, 2.45) is 0 Å². The fourth-order valence-corrected chi connectivity index (χ4v) is 2.72. The van der Waals surface area contributed by atoms with Crippen LogP contribution >= 0.6 is 0 Å². The Labute approximate surface area is 176 Å². The average molecular weight is 422 g/mol. The first-order valence-corrected chi connectivity index (χ1v) is 9.00. The van der Waals surface area contributed by atoms with Crippen LogP contribution in [0.25, 0.3) is 0 Å². The first-order valence-electron chi connectivity index (χ1n) is 9.00. The molecular formula is C22H16F2N4O3. The normalized spacial score (nSPS) is 10.2. The second-order valence-electron chi connectivity index (χ2n) is 6.55. The van der Waals surface area contributed by atoms with Gasteiger partial charge in [-0.2, -0.15) is 5.26 Å². The molecule has 3 aromatic rings. The number of carbonyl (C=O) groups excluding carboxylic acids is 2. The largest absolute Gasteiger partial charge is 0.438 e. The molecule has 0 bridgehead atoms. The number of carbonyl (C=O) groups is 2. The SMILES string of the molecule is Cc1cc(NC(=O)NC(=O)c2c(F)cccc2F)ccc1Oc1ncc(C#N)cc1C. The van der Waals surface area contributed by atoms with E-state index in [1.807, 2.05) is 11.4 Å². The van der Waals surface area contributed by atoms with E-state index in [9.17, 15) is 18.4 Å². The summed E-state index contributed by atoms with van der Waals surface area (Å²) in [5.74, 6) is -2.55. The predicted octanol–water partition coefficient (Wildman–Crippen LogP) is 4.60. The fourth-order valence-electron chi connectivity index (χ4n) is 2.72. The lowest BCUT2D eigenvalue weighted by Crippen LogP contribution is -2.35. The molecule has 1 aromatic heterocycles. The highest BCUT2D eigenvalue weighted by Gasteiger charge is 2.19. The summed E-state index contributed by atoms with van der Waals surface area (Å²) in [6.07, 6.45) is 1.40. The summed E-state index contributed by atoms with van der Waals surface area (Å²) < 4.78 is 33.1. The third-order valence-corrected chi connectivity index (χ3v) is 4.22. The van der Waals surface area contributed by atoms with Crippen molar-refractivity contribution in [3.05, 3.63) is 82.5 Å². The number of anilines is 1. The van der Waals surface area contributed by atoms with Crippen molar-refractivity contribution in [3.63, 3.8) is 0 Å². The van der Waals surface area contributed by atoms with E-state index in [0.29, 0.717) is 34.0 Å². The van der Waals surface area contributed by atoms with Crippen LogP contribution < -0.4 is 15.4 Å². The molecule has 156 valence electrons. The molecule has 0 spiro atoms. The zero-order chi connectivity index (χ0) is 22.5. The monoisotopic (exact) mass is 422 g/mol. The molecular weight excluding hydrogens is 406 g/mol. The van der Waals surface area contributed by atoms with Crippen LogP contribution in [0, 0.1) is 36.8 Å². The number of rotatable bonds is 4. The van der Waals surface area contributed by atoms with Crippen LogP contribution in [0.3, 0.4) is 0 Å². The Kier molecular flexibility index (Phi) is 6.21. The molecule has 0 aliphatic rings. The predicted molar refractivity (Wildman–Crippen MR) is 108 cm³/mol. The van der Waals surface area contributed by atoms with Gasteiger partial charge >= 0.3 is 6.03 Å². The van der Waals surface area contributed by atoms with Gasteiger partial charge in [0, 0.05) is 17.4 Å². The molecule has 1 heterocycles. The maximum absolute atomic E-state index is 13.7. The van der Waals surface area contributed by atoms with E-state index < -0.39 is 29.1 Å². The summed E-state index contributed by atoms with van der Waals surface area (Å²) in [4.78, 5) is 28.2. The lowest BCUT2D eigenvalue weighted by atomic mass is 10.2. The summed E-state index contributed by atoms with van der Waals surface area (Å²) in [7, 11) is 0. The summed E-state index contributed by atoms with van der Waals surface area (Å²) >= 11 is 0. The molecule has 0 radical (unpaired) electrons. The highest BCUT2D eigenvalue weighted by atomic mass is 19.1. The zero-order valence-electron chi connectivity index (χ0n) is 16.5. The van der Waals surface area contributed by atoms with E-state index in [-0.39, 0.29) is 0 Å². The molecule has 0 saturated carbocycles. The summed E-state index contributed by atoms with van der Waals surface area (Å²) in [6, 6.07) is 10.3. The Hall–Kier alpha value is -4.32. The van der Waals surface area contributed by atoms with Crippen LogP contribution in [0.4, 0.5) is 19.3 Å². The standard InChI is InChI=1S/C22H16F2N4O3/c1-12-9-15(6-7-18(12)31-21-13(2)8-14(10-25)11-26-21)27-22(30)28-20(29)19-16(23)4-3-5-17(19)24/h3-9,11H,1-2H3,(H2,27,28,29,30). The number of urea groups is 1. The molecule has 0 unspecified atom stereocenters. The molecule has 0 aliphatic heterocycles. The topological polar surface area (TPSA) is 104 Å². The molecule has 0 atom stereocenters. The molecule has 9 heteroatoms. The zero-order valence-corrected chi connectivity index (χ0v) is 16.5. The number of hydrogen-bond acceptors (Lipinski definition) is 5. The number of amides is 3. The summed E-state index contributed by atoms with van der Waals surface area (Å²) in [6.45, 7) is 3.49. The number of halogens is 2. The van der Waals surface area contributed by atoms with Gasteiger partial charge in [0.25, 0.3) is 5.91 Å². The molecule has 0 aliphatic carbocycles. The number of nitrogens with one attached hydrogen (secondary N) is 2. The van der Waals surface area contributed by atoms with Gasteiger partial charge in [0.1, 0.15) is 29.0 Å². The number of hydrogen-bond donors (Lipinski definition) is 2. The summed E-state index contributed by atoms with van der Waals surface area (Å²) in [5.41, 5.74) is 1.22. The molecule has 3 rings (SSSR count). The van der Waals surface area contributed by atoms with Gasteiger partial charge in [-0.15, -0.1) is 0 Å². The molecule has 7 nitrogen and oxygen atoms in total. The molecule has 2 N–H and O–H groups in total. The Morgan fingerprint density at radius 2 is 1.77 bits per heavy atom. The van der Waals surface area contributed by atoms with E-state index >= 15 is 0 Å². The van der Waals surface area contributed by atoms with Gasteiger partial charge in [-0.05, 0) is 55.8 Å². The highest BCUT2D eigenvalue weighted by molar-refractivity contribution is 6.08. The van der Waals surface area contributed by atoms with E-state index in [1.165, 1.54) is 12.3 Å². The van der Waals surface area contributed by atoms with Gasteiger partial charge < -0.3 is 10.1 Å². The van der Waals surface area contributed by atoms with Crippen molar-refractivity contribution in [2.75, 3.05) is 5.32 Å². The number of pyridine rings is 1. The maximum atomic E-state index is 13.7. The van der Waals surface area contributed by atoms with Gasteiger partial charge in [0.15, 0.2) is 0 Å². The van der Waals surface area contributed by atoms with Crippen LogP contribution in [0.15, 0.2) is 48.7 Å². The van der Waals surface area contributed by atoms with Crippen molar-refractivity contribution >= 4 is 17.6 Å². The average Bonchev–Trinajstić information content (AvgIpc) is 2.71. The van der Waals surface area contributed by atoms with E-state index in [0.717, 1.165) is 18.2 Å². The van der Waals surface area contributed by atoms with E-state index in [2.05, 4.69) is 10.3 Å². The van der Waals surface area contributed by atoms with Crippen molar-refractivity contribution in [1.82, 2.24) is 10.3 Å². The Balaban J connectivity index is 1.68. The van der Waals surface area contributed by atoms with E-state index in [1.54, 1.807) is 32.0 Å². The first-order chi connectivity index (χ1) is 14.8. The maximum Gasteiger partial charge on any atom is 0.326 e. The Bertz CT molecular complexity index is 1200. The number of nitrogens with zero attached hydrogens (tertiary/aromatic N) is 2. The number of ether oxygens (including phenoxy) is 1. The minimum atomic E-state index is -1.20. The van der Waals surface area contributed by atoms with E-state index in [4.69, 9.17) is 10.00 Å². The van der Waals surface area contributed by atoms with Crippen molar-refractivity contribution < 1.29 is 23.1 Å². The molecule has 0 saturated heterocycles. The van der Waals surface area contributed by atoms with Gasteiger partial charge in [0.2, 0.25) is 5.88 Å². The number of imide groups is 1. The summed E-state index contributed by atoms with van der Waals surface area (Å²) in [5, 5.41) is 13.2. The van der Waals surface area contributed by atoms with Crippen LogP contribution in [0.5, 0.6) is 11.6 Å². The van der Waals surface area contributed by atoms with Crippen LogP contribution in [0.1, 0.15) is 27.0 Å². The van der Waals surface area contributed by atoms with Crippen LogP contribution in [-0.2, 0) is 0 Å². The number of aromatic nitrogens is 1. The third kappa shape index (κ3) is 5.00. The quantitative estimate of drug-likeness (QED) is 0.639. The molecule has 0 fully saturated rings. The number of benzene rings is 2. The Morgan fingerprint density at radius 1 is 1.06 bits per heavy atom. The number of nitriles is 1. The third-order valence-electron chi connectivity index (χ3n) is 4.22. The first kappa shape index (κ1) is 21.4. The fraction of sp³-hybridized carbons (Fsp3) is 0.0909. The lowest BCUT2D eigenvalue weighted by molar-refractivity contribution is 0.0959. The van der Waals surface area contributed by atoms with Gasteiger partial charge in [-0.1, -0.05) is 6.07 Å². The van der Waals surface area contributed by atoms with Crippen molar-refractivity contribution in [2.45, 2.75) is 13.8 Å². The minimum absolute atomic E-state index is 0.327. The highest BCUT2D eigenvalue weighted by Crippen LogP contribution is 2.28. The minimum Gasteiger partial charge on any atom is -0.438 e. The van der Waals surface area contributed by atoms with Crippen molar-refractivity contribution in [1.29, 1.82) is 5.26 Å².